The van der Waals surface area contributed by atoms with Crippen LogP contribution in [0.25, 0.3) is 0 Å². The van der Waals surface area contributed by atoms with Crippen LogP contribution in [0.4, 0.5) is 0 Å². The van der Waals surface area contributed by atoms with E-state index < -0.39 is 0 Å². The van der Waals surface area contributed by atoms with Crippen LogP contribution in [0.2, 0.25) is 0 Å². The van der Waals surface area contributed by atoms with Crippen molar-refractivity contribution in [3.63, 3.8) is 0 Å². The van der Waals surface area contributed by atoms with Crippen molar-refractivity contribution in [3.8, 4) is 0 Å². The van der Waals surface area contributed by atoms with E-state index in [1.165, 1.54) is 17.8 Å². The van der Waals surface area contributed by atoms with E-state index in [0.29, 0.717) is 0 Å². The summed E-state index contributed by atoms with van der Waals surface area (Å²) in [5, 5.41) is 0. The second-order valence-corrected chi connectivity index (χ2v) is 239. The third-order valence-electron chi connectivity index (χ3n) is 3.58. The maximum absolute atomic E-state index is 4.84. The Hall–Kier alpha value is 29.0. The molecule has 0 heterocycles. The lowest BCUT2D eigenvalue weighted by Gasteiger charge is -1.41. The summed E-state index contributed by atoms with van der Waals surface area (Å²) >= 11 is 9.67. The smallest absolute Gasteiger partial charge is 0 e. The standard InChI is InChI=1S/S132/c1-3-5-7-9-11-13-15-17-19-21-23-25-27-29-31-33-35-37-39-41-43-45-47-49-51-53-55-57-59-61-63-65-67-69-71-73-75-77-79-81-83-85-87-89-91-93-95-97-99-101-103-105-107-109-111-113-115-117-119-121-123-125-127-129-131-132-130-128-126-124-122-120-118-116-114-112-110-108-106-104-102-100-98-96-94-92-90-88-86-84-82-80-78-76-74-72-70-68-66-64-62-60-58-56-54-52-50-48-46-44-42-40-38-36-34-32-30-28-26-24-22-20-18-16-14-12-10-8-6-4-2. The van der Waals surface area contributed by atoms with E-state index in [4.69, 9.17) is 22.4 Å². The molecule has 0 aromatic heterocycles. The van der Waals surface area contributed by atoms with E-state index in [2.05, 4.69) is 0 Å². The molecule has 0 fully saturated rings. The summed E-state index contributed by atoms with van der Waals surface area (Å²) in [5.74, 6) is 0. The van der Waals surface area contributed by atoms with Crippen molar-refractivity contribution < 1.29 is 0 Å². The van der Waals surface area contributed by atoms with Gasteiger partial charge in [0.05, 0.1) is 0 Å². The van der Waals surface area contributed by atoms with Crippen LogP contribution >= 0.6 is 0 Å². The Morgan fingerprint density at radius 2 is 0.0606 bits per heavy atom. The zero-order chi connectivity index (χ0) is 93.9. The van der Waals surface area contributed by atoms with Crippen molar-refractivity contribution in [1.82, 2.24) is 0 Å². The fourth-order valence-electron chi connectivity index (χ4n) is 1.45. The minimum atomic E-state index is 1.37. The van der Waals surface area contributed by atoms with Crippen LogP contribution in [-0.2, 0) is 1180 Å². The normalized spacial score (nSPS) is 7.91. The molecule has 0 amide bonds. The van der Waals surface area contributed by atoms with Gasteiger partial charge in [-0.2, -0.15) is 0 Å². The maximum atomic E-state index is 4.84. The first kappa shape index (κ1) is 161. The lowest BCUT2D eigenvalue weighted by molar-refractivity contribution is 5.95. The molecule has 132 heavy (non-hydrogen) atoms. The van der Waals surface area contributed by atoms with Gasteiger partial charge in [0.15, 0.2) is 0 Å². The Bertz CT molecular complexity index is 9830. The van der Waals surface area contributed by atoms with Crippen molar-refractivity contribution in [2.75, 3.05) is 0 Å². The van der Waals surface area contributed by atoms with Crippen LogP contribution in [-0.4, -0.2) is 0 Å². The Balaban J connectivity index is 6.21. The minimum Gasteiger partial charge on any atom is 0 e. The van der Waals surface area contributed by atoms with Crippen molar-refractivity contribution in [2.45, 2.75) is 0 Å². The topological polar surface area (TPSA) is 0 Å². The van der Waals surface area contributed by atoms with Gasteiger partial charge in [0.25, 0.3) is 0 Å². The molecule has 0 rings (SSSR count). The molecule has 0 bridgehead atoms. The van der Waals surface area contributed by atoms with E-state index in [0.717, 1.165) is 0 Å². The van der Waals surface area contributed by atoms with E-state index in [1.807, 2.05) is 1030 Å². The summed E-state index contributed by atoms with van der Waals surface area (Å²) in [5.41, 5.74) is 0. The predicted octanol–water partition coefficient (Wildman–Crippen LogP) is -0.317. The van der Waals surface area contributed by atoms with Crippen molar-refractivity contribution in [1.29, 1.82) is 0 Å². The maximum Gasteiger partial charge on any atom is 0 e. The largest absolute Gasteiger partial charge is 0 e. The summed E-state index contributed by atoms with van der Waals surface area (Å²) < 4.78 is 0. The zero-order valence-corrected chi connectivity index (χ0v) is 162. The van der Waals surface area contributed by atoms with Crippen molar-refractivity contribution in [3.05, 3.63) is 0 Å². The fourth-order valence-corrected chi connectivity index (χ4v) is 353. The Kier molecular flexibility index (Phi) is 195. The molecule has 0 aliphatic rings. The summed E-state index contributed by atoms with van der Waals surface area (Å²) in [6.07, 6.45) is 0. The average molecular weight is 4230 g/mol. The SMILES string of the molecule is S=S=S=S=S=S=S=S=S=S=S=S=S=S=S=S=S=S=S=S=S=S=S=S=S=S=S=S=S=S=S=S=S=S=S=S=S=S=S=S=S=S=S=S=S=S=S=S=S=S=S=S=S=S=S=S=S=S=S=S=S=S=S=S=S=S=S=S=S=S=S=S=S=S=S=S=S=S=S=S=S=S=S=S=S=S=S=S=S=S=S=S=S=S=S=S=S=S=S=S=S=S=S=S=S=S=S=S=S=S=S=S=S=S=S=S=S=S=S=S=S=S=S=S=S=S=S=S=S=S=S=S. The van der Waals surface area contributed by atoms with Crippen LogP contribution in [0, 0.1) is 0 Å². The monoisotopic (exact) mass is 4220 g/mol. The molecule has 792 valence electrons. The fraction of sp³-hybridized carbons (Fsp3) is 0. The molecule has 0 N–H and O–H groups in total. The molecule has 0 radical (unpaired) electrons. The number of hydrogen-bond acceptors (Lipinski definition) is 2. The predicted molar refractivity (Wildman–Crippen MR) is 972 cm³/mol. The van der Waals surface area contributed by atoms with Gasteiger partial charge >= 0.3 is 0 Å². The van der Waals surface area contributed by atoms with E-state index in [-0.39, 0.29) is 0 Å². The lowest BCUT2D eigenvalue weighted by atomic mass is 30.7. The highest BCUT2D eigenvalue weighted by Gasteiger charge is 1.54. The molecular formula is S132. The molecule has 0 nitrogen and oxygen atoms in total. The molecule has 132 heteroatoms. The lowest BCUT2D eigenvalue weighted by Crippen LogP contribution is -1.42. The molecule has 0 aromatic rings. The molecule has 0 unspecified atom stereocenters. The Labute approximate surface area is 1140 Å². The summed E-state index contributed by atoms with van der Waals surface area (Å²) in [4.78, 5) is 0. The highest BCUT2D eigenvalue weighted by atomic mass is 33.6. The Morgan fingerprint density at radius 1 is 0.0379 bits per heavy atom. The van der Waals surface area contributed by atoms with E-state index in [1.54, 1.807) is 107 Å². The zero-order valence-electron chi connectivity index (χ0n) is 53.9. The second-order valence-electron chi connectivity index (χ2n) is 8.85. The summed E-state index contributed by atoms with van der Waals surface area (Å²) in [7, 11) is 236. The van der Waals surface area contributed by atoms with E-state index in [9.17, 15) is 0 Å². The summed E-state index contributed by atoms with van der Waals surface area (Å²) in [6, 6.07) is 0. The van der Waals surface area contributed by atoms with Crippen LogP contribution < -0.4 is 0 Å². The van der Waals surface area contributed by atoms with Gasteiger partial charge < -0.3 is 0 Å². The van der Waals surface area contributed by atoms with Crippen LogP contribution in [0.3, 0.4) is 0 Å². The summed E-state index contributed by atoms with van der Waals surface area (Å²) in [6.45, 7) is 0. The van der Waals surface area contributed by atoms with Crippen LogP contribution in [0.1, 0.15) is 0 Å². The molecule has 0 aliphatic carbocycles. The van der Waals surface area contributed by atoms with Crippen LogP contribution in [0.15, 0.2) is 0 Å². The first-order valence-electron chi connectivity index (χ1n) is 21.8. The molecule has 0 aromatic carbocycles. The third-order valence-corrected chi connectivity index (χ3v) is 290. The first-order chi connectivity index (χ1) is 65.9. The molecule has 0 saturated carbocycles. The van der Waals surface area contributed by atoms with Gasteiger partial charge in [-0.05, 0) is 0 Å². The van der Waals surface area contributed by atoms with Gasteiger partial charge in [-0.3, -0.25) is 0 Å². The van der Waals surface area contributed by atoms with Gasteiger partial charge in [0, 0.05) is 1180 Å². The third kappa shape index (κ3) is 159. The van der Waals surface area contributed by atoms with Gasteiger partial charge in [0.2, 0.25) is 0 Å². The first-order valence-corrected chi connectivity index (χ1v) is 196. The van der Waals surface area contributed by atoms with Gasteiger partial charge in [0.1, 0.15) is 0 Å². The molecule has 0 aliphatic heterocycles. The minimum absolute atomic E-state index is 1.37. The molecule has 0 spiro atoms. The molecular weight excluding hydrogens is 4230 g/mol. The quantitative estimate of drug-likeness (QED) is 0.327. The average Bonchev–Trinajstić information content (AvgIpc) is 1.11. The highest BCUT2D eigenvalue weighted by molar-refractivity contribution is 8.90. The van der Waals surface area contributed by atoms with Gasteiger partial charge in [-0.15, -0.1) is 0 Å². The number of hydrogen-bond donors (Lipinski definition) is 0. The van der Waals surface area contributed by atoms with E-state index >= 15 is 0 Å². The molecule has 0 atom stereocenters. The van der Waals surface area contributed by atoms with Crippen LogP contribution in [0.5, 0.6) is 0 Å². The van der Waals surface area contributed by atoms with Crippen molar-refractivity contribution in [2.24, 2.45) is 0 Å². The number of rotatable bonds is 0. The molecule has 0 saturated heterocycles. The highest BCUT2D eigenvalue weighted by Crippen LogP contribution is 1.54. The van der Waals surface area contributed by atoms with Crippen molar-refractivity contribution >= 4 is 1180 Å². The van der Waals surface area contributed by atoms with Gasteiger partial charge in [-0.25, -0.2) is 0 Å². The Morgan fingerprint density at radius 3 is 0.0833 bits per heavy atom. The van der Waals surface area contributed by atoms with Gasteiger partial charge in [-0.1, -0.05) is 0 Å². The second kappa shape index (κ2) is 160.